The van der Waals surface area contributed by atoms with Gasteiger partial charge in [0.25, 0.3) is 5.91 Å². The van der Waals surface area contributed by atoms with Gasteiger partial charge in [-0.2, -0.15) is 0 Å². The second-order valence-electron chi connectivity index (χ2n) is 4.93. The van der Waals surface area contributed by atoms with Crippen LogP contribution in [0.4, 0.5) is 0 Å². The fourth-order valence-corrected chi connectivity index (χ4v) is 3.11. The average molecular weight is 301 g/mol. The Kier molecular flexibility index (Phi) is 4.17. The van der Waals surface area contributed by atoms with Crippen LogP contribution in [-0.4, -0.2) is 55.1 Å². The monoisotopic (exact) mass is 301 g/mol. The molecule has 2 heterocycles. The highest BCUT2D eigenvalue weighted by Gasteiger charge is 2.26. The summed E-state index contributed by atoms with van der Waals surface area (Å²) in [5, 5.41) is 9.61. The third kappa shape index (κ3) is 2.87. The average Bonchev–Trinajstić information content (AvgIpc) is 2.81. The Morgan fingerprint density at radius 3 is 2.80 bits per heavy atom. The lowest BCUT2D eigenvalue weighted by molar-refractivity contribution is 0.0466. The molecular weight excluding hydrogens is 282 g/mol. The molecule has 7 nitrogen and oxygen atoms in total. The molecule has 8 heteroatoms. The first-order chi connectivity index (χ1) is 9.35. The van der Waals surface area contributed by atoms with E-state index < -0.39 is 16.1 Å². The van der Waals surface area contributed by atoms with Crippen LogP contribution in [0.15, 0.2) is 17.2 Å². The molecule has 1 aliphatic heterocycles. The van der Waals surface area contributed by atoms with E-state index in [1.807, 2.05) is 0 Å². The Balaban J connectivity index is 2.27. The first-order valence-electron chi connectivity index (χ1n) is 6.42. The van der Waals surface area contributed by atoms with Crippen LogP contribution in [-0.2, 0) is 17.1 Å². The number of nitrogens with one attached hydrogen (secondary N) is 1. The van der Waals surface area contributed by atoms with E-state index in [4.69, 9.17) is 0 Å². The molecular formula is C12H19N3O4S. The second kappa shape index (κ2) is 5.55. The lowest BCUT2D eigenvalue weighted by Gasteiger charge is -2.30. The molecule has 20 heavy (non-hydrogen) atoms. The Morgan fingerprint density at radius 2 is 2.20 bits per heavy atom. The molecule has 2 N–H and O–H groups in total. The maximum Gasteiger partial charge on any atom is 0.270 e. The van der Waals surface area contributed by atoms with Crippen molar-refractivity contribution < 1.29 is 18.3 Å². The largest absolute Gasteiger partial charge is 0.391 e. The molecule has 1 aromatic rings. The van der Waals surface area contributed by atoms with Gasteiger partial charge in [-0.1, -0.05) is 0 Å². The highest BCUT2D eigenvalue weighted by atomic mass is 32.2. The number of aliphatic hydroxyl groups excluding tert-OH is 1. The van der Waals surface area contributed by atoms with Crippen molar-refractivity contribution in [1.82, 2.24) is 14.2 Å². The van der Waals surface area contributed by atoms with Crippen molar-refractivity contribution in [3.05, 3.63) is 18.0 Å². The summed E-state index contributed by atoms with van der Waals surface area (Å²) in [5.41, 5.74) is 0.299. The zero-order chi connectivity index (χ0) is 14.9. The molecule has 1 aromatic heterocycles. The molecule has 1 saturated heterocycles. The maximum atomic E-state index is 12.4. The Bertz CT molecular complexity index is 608. The number of nitrogens with zero attached hydrogens (tertiary/aromatic N) is 2. The lowest BCUT2D eigenvalue weighted by atomic mass is 10.1. The van der Waals surface area contributed by atoms with E-state index >= 15 is 0 Å². The molecule has 1 amide bonds. The van der Waals surface area contributed by atoms with Crippen molar-refractivity contribution in [2.45, 2.75) is 23.8 Å². The van der Waals surface area contributed by atoms with E-state index in [1.165, 1.54) is 23.9 Å². The second-order valence-corrected chi connectivity index (χ2v) is 6.81. The van der Waals surface area contributed by atoms with Crippen LogP contribution >= 0.6 is 0 Å². The van der Waals surface area contributed by atoms with Crippen LogP contribution in [0.2, 0.25) is 0 Å². The zero-order valence-electron chi connectivity index (χ0n) is 11.5. The smallest absolute Gasteiger partial charge is 0.270 e. The number of hydrogen-bond acceptors (Lipinski definition) is 4. The predicted octanol–water partition coefficient (Wildman–Crippen LogP) is -0.470. The molecule has 0 unspecified atom stereocenters. The first kappa shape index (κ1) is 15.0. The summed E-state index contributed by atoms with van der Waals surface area (Å²) < 4.78 is 27.2. The van der Waals surface area contributed by atoms with Crippen molar-refractivity contribution in [3.8, 4) is 0 Å². The van der Waals surface area contributed by atoms with Gasteiger partial charge in [-0.3, -0.25) is 4.79 Å². The zero-order valence-corrected chi connectivity index (χ0v) is 12.4. The molecule has 1 fully saturated rings. The quantitative estimate of drug-likeness (QED) is 0.789. The third-order valence-corrected chi connectivity index (χ3v) is 4.84. The van der Waals surface area contributed by atoms with Crippen LogP contribution in [0, 0.1) is 0 Å². The topological polar surface area (TPSA) is 91.6 Å². The fourth-order valence-electron chi connectivity index (χ4n) is 2.31. The van der Waals surface area contributed by atoms with Gasteiger partial charge in [0.15, 0.2) is 0 Å². The van der Waals surface area contributed by atoms with Crippen molar-refractivity contribution in [2.24, 2.45) is 7.05 Å². The third-order valence-electron chi connectivity index (χ3n) is 3.46. The molecule has 0 radical (unpaired) electrons. The standard InChI is InChI=1S/C12H19N3O4S/c1-13-20(18,19)10-6-11(14(2)8-10)12(17)15-5-3-4-9(16)7-15/h6,8-9,13,16H,3-5,7H2,1-2H3/t9-/m0/s1. The molecule has 0 aromatic carbocycles. The minimum atomic E-state index is -3.57. The highest BCUT2D eigenvalue weighted by molar-refractivity contribution is 7.89. The summed E-state index contributed by atoms with van der Waals surface area (Å²) in [4.78, 5) is 14.0. The Morgan fingerprint density at radius 1 is 1.50 bits per heavy atom. The van der Waals surface area contributed by atoms with Gasteiger partial charge in [0.05, 0.1) is 6.10 Å². The lowest BCUT2D eigenvalue weighted by Crippen LogP contribution is -2.42. The molecule has 112 valence electrons. The van der Waals surface area contributed by atoms with Crippen molar-refractivity contribution in [3.63, 3.8) is 0 Å². The summed E-state index contributed by atoms with van der Waals surface area (Å²) >= 11 is 0. The van der Waals surface area contributed by atoms with Crippen molar-refractivity contribution in [2.75, 3.05) is 20.1 Å². The number of likely N-dealkylation sites (tertiary alicyclic amines) is 1. The van der Waals surface area contributed by atoms with E-state index in [-0.39, 0.29) is 17.3 Å². The van der Waals surface area contributed by atoms with Crippen LogP contribution in [0.1, 0.15) is 23.3 Å². The maximum absolute atomic E-state index is 12.4. The van der Waals surface area contributed by atoms with Gasteiger partial charge in [0, 0.05) is 26.3 Å². The number of carbonyl (C=O) groups is 1. The molecule has 0 spiro atoms. The van der Waals surface area contributed by atoms with Crippen LogP contribution in [0.3, 0.4) is 0 Å². The van der Waals surface area contributed by atoms with Gasteiger partial charge >= 0.3 is 0 Å². The number of β-amino-alcohol motifs (C(OH)–C–C–N with tert-alkyl or cyclic N) is 1. The van der Waals surface area contributed by atoms with E-state index in [0.717, 1.165) is 6.42 Å². The molecule has 0 saturated carbocycles. The van der Waals surface area contributed by atoms with Crippen LogP contribution in [0.25, 0.3) is 0 Å². The van der Waals surface area contributed by atoms with Gasteiger partial charge in [0.1, 0.15) is 10.6 Å². The number of aliphatic hydroxyl groups is 1. The van der Waals surface area contributed by atoms with Gasteiger partial charge < -0.3 is 14.6 Å². The van der Waals surface area contributed by atoms with E-state index in [2.05, 4.69) is 4.72 Å². The SMILES string of the molecule is CNS(=O)(=O)c1cc(C(=O)N2CCC[C@H](O)C2)n(C)c1. The number of rotatable bonds is 3. The molecule has 2 rings (SSSR count). The van der Waals surface area contributed by atoms with Gasteiger partial charge in [-0.15, -0.1) is 0 Å². The number of piperidine rings is 1. The van der Waals surface area contributed by atoms with Crippen LogP contribution in [0.5, 0.6) is 0 Å². The molecule has 1 atom stereocenters. The normalized spacial score (nSPS) is 20.1. The van der Waals surface area contributed by atoms with Crippen molar-refractivity contribution >= 4 is 15.9 Å². The van der Waals surface area contributed by atoms with Crippen molar-refractivity contribution in [1.29, 1.82) is 0 Å². The van der Waals surface area contributed by atoms with Crippen LogP contribution < -0.4 is 4.72 Å². The summed E-state index contributed by atoms with van der Waals surface area (Å²) in [6, 6.07) is 1.36. The van der Waals surface area contributed by atoms with E-state index in [0.29, 0.717) is 18.7 Å². The molecule has 0 aliphatic carbocycles. The number of amides is 1. The molecule has 1 aliphatic rings. The fraction of sp³-hybridized carbons (Fsp3) is 0.583. The highest BCUT2D eigenvalue weighted by Crippen LogP contribution is 2.17. The summed E-state index contributed by atoms with van der Waals surface area (Å²) in [6.07, 6.45) is 2.34. The number of sulfonamides is 1. The minimum Gasteiger partial charge on any atom is -0.391 e. The number of carbonyl (C=O) groups excluding carboxylic acids is 1. The Labute approximate surface area is 118 Å². The Hall–Kier alpha value is -1.38. The number of hydrogen-bond donors (Lipinski definition) is 2. The summed E-state index contributed by atoms with van der Waals surface area (Å²) in [7, 11) is -0.614. The van der Waals surface area contributed by atoms with E-state index in [9.17, 15) is 18.3 Å². The number of aryl methyl sites for hydroxylation is 1. The summed E-state index contributed by atoms with van der Waals surface area (Å²) in [5.74, 6) is -0.260. The van der Waals surface area contributed by atoms with Gasteiger partial charge in [-0.25, -0.2) is 13.1 Å². The predicted molar refractivity (Wildman–Crippen MR) is 72.8 cm³/mol. The van der Waals surface area contributed by atoms with Gasteiger partial charge in [0.2, 0.25) is 10.0 Å². The van der Waals surface area contributed by atoms with Gasteiger partial charge in [-0.05, 0) is 26.0 Å². The molecule has 0 bridgehead atoms. The summed E-state index contributed by atoms with van der Waals surface area (Å²) in [6.45, 7) is 0.868. The minimum absolute atomic E-state index is 0.0587. The number of aromatic nitrogens is 1. The van der Waals surface area contributed by atoms with E-state index in [1.54, 1.807) is 11.9 Å². The first-order valence-corrected chi connectivity index (χ1v) is 7.90.